The number of aryl methyl sites for hydroxylation is 1. The van der Waals surface area contributed by atoms with Gasteiger partial charge in [-0.1, -0.05) is 37.3 Å². The zero-order valence-corrected chi connectivity index (χ0v) is 11.4. The number of benzene rings is 2. The van der Waals surface area contributed by atoms with Crippen molar-refractivity contribution in [2.45, 2.75) is 19.8 Å². The van der Waals surface area contributed by atoms with Gasteiger partial charge in [-0.25, -0.2) is 4.39 Å². The van der Waals surface area contributed by atoms with E-state index < -0.39 is 0 Å². The predicted molar refractivity (Wildman–Crippen MR) is 76.4 cm³/mol. The molecule has 0 aromatic heterocycles. The minimum Gasteiger partial charge on any atom is -0.486 e. The molecule has 0 spiro atoms. The Labute approximate surface area is 118 Å². The summed E-state index contributed by atoms with van der Waals surface area (Å²) in [5.41, 5.74) is 1.56. The third-order valence-electron chi connectivity index (χ3n) is 3.05. The fourth-order valence-electron chi connectivity index (χ4n) is 1.92. The van der Waals surface area contributed by atoms with Gasteiger partial charge in [-0.15, -0.1) is 0 Å². The van der Waals surface area contributed by atoms with Gasteiger partial charge in [-0.3, -0.25) is 4.79 Å². The number of ketones is 1. The maximum atomic E-state index is 13.4. The van der Waals surface area contributed by atoms with Crippen LogP contribution in [-0.4, -0.2) is 12.4 Å². The SMILES string of the molecule is CCc1cccc(OCC(=O)Cc2ccccc2F)c1. The van der Waals surface area contributed by atoms with Crippen LogP contribution in [0.4, 0.5) is 4.39 Å². The van der Waals surface area contributed by atoms with Crippen molar-refractivity contribution in [3.8, 4) is 5.75 Å². The fraction of sp³-hybridized carbons (Fsp3) is 0.235. The second-order valence-electron chi connectivity index (χ2n) is 4.60. The third kappa shape index (κ3) is 3.92. The summed E-state index contributed by atoms with van der Waals surface area (Å²) >= 11 is 0. The highest BCUT2D eigenvalue weighted by molar-refractivity contribution is 5.82. The maximum absolute atomic E-state index is 13.4. The molecule has 0 saturated carbocycles. The van der Waals surface area contributed by atoms with E-state index in [1.807, 2.05) is 24.3 Å². The molecule has 0 heterocycles. The molecule has 0 aliphatic carbocycles. The van der Waals surface area contributed by atoms with Gasteiger partial charge in [-0.05, 0) is 35.7 Å². The van der Waals surface area contributed by atoms with E-state index in [4.69, 9.17) is 4.74 Å². The van der Waals surface area contributed by atoms with Crippen molar-refractivity contribution >= 4 is 5.78 Å². The molecule has 0 radical (unpaired) electrons. The number of carbonyl (C=O) groups is 1. The molecule has 2 aromatic rings. The highest BCUT2D eigenvalue weighted by atomic mass is 19.1. The molecule has 2 aromatic carbocycles. The minimum absolute atomic E-state index is 0.0402. The van der Waals surface area contributed by atoms with Crippen LogP contribution in [0, 0.1) is 5.82 Å². The van der Waals surface area contributed by atoms with Crippen molar-refractivity contribution in [2.75, 3.05) is 6.61 Å². The molecule has 0 amide bonds. The van der Waals surface area contributed by atoms with E-state index in [9.17, 15) is 9.18 Å². The van der Waals surface area contributed by atoms with Gasteiger partial charge < -0.3 is 4.74 Å². The van der Waals surface area contributed by atoms with Crippen LogP contribution in [-0.2, 0) is 17.6 Å². The summed E-state index contributed by atoms with van der Waals surface area (Å²) in [4.78, 5) is 11.8. The van der Waals surface area contributed by atoms with E-state index >= 15 is 0 Å². The quantitative estimate of drug-likeness (QED) is 0.803. The molecule has 3 heteroatoms. The Balaban J connectivity index is 1.90. The van der Waals surface area contributed by atoms with Gasteiger partial charge in [0.1, 0.15) is 18.2 Å². The third-order valence-corrected chi connectivity index (χ3v) is 3.05. The van der Waals surface area contributed by atoms with Crippen LogP contribution in [0.15, 0.2) is 48.5 Å². The molecule has 0 N–H and O–H groups in total. The van der Waals surface area contributed by atoms with E-state index in [0.29, 0.717) is 11.3 Å². The molecule has 2 rings (SSSR count). The van der Waals surface area contributed by atoms with Gasteiger partial charge in [0.25, 0.3) is 0 Å². The van der Waals surface area contributed by atoms with Crippen molar-refractivity contribution in [2.24, 2.45) is 0 Å². The number of hydrogen-bond acceptors (Lipinski definition) is 2. The average Bonchev–Trinajstić information content (AvgIpc) is 2.48. The fourth-order valence-corrected chi connectivity index (χ4v) is 1.92. The smallest absolute Gasteiger partial charge is 0.174 e. The first-order valence-corrected chi connectivity index (χ1v) is 6.66. The lowest BCUT2D eigenvalue weighted by Crippen LogP contribution is -2.14. The van der Waals surface area contributed by atoms with Crippen LogP contribution in [0.25, 0.3) is 0 Å². The Morgan fingerprint density at radius 2 is 1.95 bits per heavy atom. The lowest BCUT2D eigenvalue weighted by atomic mass is 10.1. The number of Topliss-reactive ketones (excluding diaryl/α,β-unsaturated/α-hetero) is 1. The van der Waals surface area contributed by atoms with E-state index in [1.54, 1.807) is 18.2 Å². The van der Waals surface area contributed by atoms with Gasteiger partial charge in [0.2, 0.25) is 0 Å². The first kappa shape index (κ1) is 14.3. The Morgan fingerprint density at radius 1 is 1.15 bits per heavy atom. The number of ether oxygens (including phenoxy) is 1. The zero-order valence-electron chi connectivity index (χ0n) is 11.4. The molecule has 0 unspecified atom stereocenters. The molecule has 0 aliphatic rings. The number of hydrogen-bond donors (Lipinski definition) is 0. The Morgan fingerprint density at radius 3 is 2.70 bits per heavy atom. The van der Waals surface area contributed by atoms with Gasteiger partial charge >= 0.3 is 0 Å². The summed E-state index contributed by atoms with van der Waals surface area (Å²) < 4.78 is 18.9. The van der Waals surface area contributed by atoms with E-state index in [2.05, 4.69) is 6.92 Å². The van der Waals surface area contributed by atoms with Crippen molar-refractivity contribution in [3.05, 3.63) is 65.5 Å². The zero-order chi connectivity index (χ0) is 14.4. The van der Waals surface area contributed by atoms with E-state index in [1.165, 1.54) is 6.07 Å². The Kier molecular flexibility index (Phi) is 4.88. The Hall–Kier alpha value is -2.16. The van der Waals surface area contributed by atoms with Gasteiger partial charge in [-0.2, -0.15) is 0 Å². The van der Waals surface area contributed by atoms with Gasteiger partial charge in [0.15, 0.2) is 5.78 Å². The number of rotatable bonds is 6. The number of halogens is 1. The van der Waals surface area contributed by atoms with Gasteiger partial charge in [0.05, 0.1) is 0 Å². The van der Waals surface area contributed by atoms with E-state index in [-0.39, 0.29) is 24.6 Å². The monoisotopic (exact) mass is 272 g/mol. The second kappa shape index (κ2) is 6.85. The topological polar surface area (TPSA) is 26.3 Å². The first-order valence-electron chi connectivity index (χ1n) is 6.66. The summed E-state index contributed by atoms with van der Waals surface area (Å²) in [6.45, 7) is 2.02. The molecule has 0 saturated heterocycles. The first-order chi connectivity index (χ1) is 9.69. The van der Waals surface area contributed by atoms with Crippen molar-refractivity contribution in [3.63, 3.8) is 0 Å². The summed E-state index contributed by atoms with van der Waals surface area (Å²) in [5.74, 6) is 0.178. The second-order valence-corrected chi connectivity index (χ2v) is 4.60. The lowest BCUT2D eigenvalue weighted by Gasteiger charge is -2.07. The molecule has 0 bridgehead atoms. The largest absolute Gasteiger partial charge is 0.486 e. The predicted octanol–water partition coefficient (Wildman–Crippen LogP) is 3.58. The van der Waals surface area contributed by atoms with Crippen LogP contribution in [0.3, 0.4) is 0 Å². The summed E-state index contributed by atoms with van der Waals surface area (Å²) in [6.07, 6.45) is 0.973. The number of carbonyl (C=O) groups excluding carboxylic acids is 1. The molecule has 0 aliphatic heterocycles. The molecule has 2 nitrogen and oxygen atoms in total. The average molecular weight is 272 g/mol. The molecular weight excluding hydrogens is 255 g/mol. The standard InChI is InChI=1S/C17H17FO2/c1-2-13-6-5-8-16(10-13)20-12-15(19)11-14-7-3-4-9-17(14)18/h3-10H,2,11-12H2,1H3. The van der Waals surface area contributed by atoms with Crippen LogP contribution < -0.4 is 4.74 Å². The van der Waals surface area contributed by atoms with Crippen molar-refractivity contribution in [1.29, 1.82) is 0 Å². The minimum atomic E-state index is -0.353. The summed E-state index contributed by atoms with van der Waals surface area (Å²) in [6, 6.07) is 13.9. The van der Waals surface area contributed by atoms with Crippen LogP contribution in [0.5, 0.6) is 5.75 Å². The van der Waals surface area contributed by atoms with Crippen LogP contribution >= 0.6 is 0 Å². The van der Waals surface area contributed by atoms with E-state index in [0.717, 1.165) is 12.0 Å². The van der Waals surface area contributed by atoms with Crippen LogP contribution in [0.2, 0.25) is 0 Å². The lowest BCUT2D eigenvalue weighted by molar-refractivity contribution is -0.120. The highest BCUT2D eigenvalue weighted by Gasteiger charge is 2.08. The van der Waals surface area contributed by atoms with Crippen molar-refractivity contribution < 1.29 is 13.9 Å². The van der Waals surface area contributed by atoms with Crippen LogP contribution in [0.1, 0.15) is 18.1 Å². The molecule has 20 heavy (non-hydrogen) atoms. The molecule has 0 atom stereocenters. The highest BCUT2D eigenvalue weighted by Crippen LogP contribution is 2.14. The van der Waals surface area contributed by atoms with Gasteiger partial charge in [0, 0.05) is 6.42 Å². The Bertz CT molecular complexity index is 593. The molecular formula is C17H17FO2. The molecule has 104 valence electrons. The molecule has 0 fully saturated rings. The summed E-state index contributed by atoms with van der Waals surface area (Å²) in [5, 5.41) is 0. The normalized spacial score (nSPS) is 10.3. The maximum Gasteiger partial charge on any atom is 0.174 e. The van der Waals surface area contributed by atoms with Crippen molar-refractivity contribution in [1.82, 2.24) is 0 Å². The summed E-state index contributed by atoms with van der Waals surface area (Å²) in [7, 11) is 0.